The van der Waals surface area contributed by atoms with E-state index in [4.69, 9.17) is 0 Å². The van der Waals surface area contributed by atoms with Gasteiger partial charge in [0, 0.05) is 12.3 Å². The Bertz CT molecular complexity index is 213. The van der Waals surface area contributed by atoms with Crippen LogP contribution in [-0.4, -0.2) is 5.78 Å². The molecule has 0 aromatic heterocycles. The van der Waals surface area contributed by atoms with Gasteiger partial charge in [-0.05, 0) is 25.7 Å². The molecule has 0 unspecified atom stereocenters. The van der Waals surface area contributed by atoms with Crippen molar-refractivity contribution >= 4 is 5.78 Å². The first-order valence-electron chi connectivity index (χ1n) is 5.91. The predicted octanol–water partition coefficient (Wildman–Crippen LogP) is 3.88. The second-order valence-corrected chi connectivity index (χ2v) is 4.61. The first-order valence-corrected chi connectivity index (χ1v) is 5.91. The Kier molecular flexibility index (Phi) is 4.92. The molecule has 80 valence electrons. The van der Waals surface area contributed by atoms with Crippen LogP contribution < -0.4 is 0 Å². The lowest BCUT2D eigenvalue weighted by atomic mass is 9.94. The average Bonchev–Trinajstić information content (AvgIpc) is 2.08. The van der Waals surface area contributed by atoms with Crippen molar-refractivity contribution in [3.8, 4) is 0 Å². The Balaban J connectivity index is 2.44. The minimum absolute atomic E-state index is 0.196. The summed E-state index contributed by atoms with van der Waals surface area (Å²) in [5.74, 6) is 0.596. The molecule has 1 heteroatoms. The van der Waals surface area contributed by atoms with E-state index in [1.54, 1.807) is 0 Å². The second kappa shape index (κ2) is 6.00. The highest BCUT2D eigenvalue weighted by molar-refractivity contribution is 5.82. The van der Waals surface area contributed by atoms with E-state index in [0.29, 0.717) is 12.2 Å². The number of carbonyl (C=O) groups excluding carboxylic acids is 1. The molecule has 14 heavy (non-hydrogen) atoms. The molecule has 1 nitrogen and oxygen atoms in total. The van der Waals surface area contributed by atoms with E-state index in [2.05, 4.69) is 6.08 Å². The number of ketones is 1. The van der Waals surface area contributed by atoms with E-state index in [1.165, 1.54) is 37.7 Å². The molecule has 0 fully saturated rings. The largest absolute Gasteiger partial charge is 0.299 e. The molecule has 0 atom stereocenters. The van der Waals surface area contributed by atoms with Crippen LogP contribution in [-0.2, 0) is 4.79 Å². The Morgan fingerprint density at radius 2 is 2.00 bits per heavy atom. The van der Waals surface area contributed by atoms with Gasteiger partial charge in [-0.25, -0.2) is 0 Å². The van der Waals surface area contributed by atoms with E-state index in [0.717, 1.165) is 6.42 Å². The monoisotopic (exact) mass is 194 g/mol. The molecule has 0 radical (unpaired) electrons. The molecule has 1 rings (SSSR count). The number of carbonyl (C=O) groups is 1. The molecule has 0 heterocycles. The lowest BCUT2D eigenvalue weighted by molar-refractivity contribution is -0.121. The van der Waals surface area contributed by atoms with Crippen LogP contribution in [0.25, 0.3) is 0 Å². The summed E-state index contributed by atoms with van der Waals surface area (Å²) < 4.78 is 0. The molecule has 0 N–H and O–H groups in total. The third-order valence-corrected chi connectivity index (χ3v) is 2.93. The number of hydrogen-bond acceptors (Lipinski definition) is 1. The summed E-state index contributed by atoms with van der Waals surface area (Å²) in [5, 5.41) is 0. The standard InChI is InChI=1S/C13H22O/c1-11(2)13(14)10-12-8-6-4-3-5-7-9-12/h8,11H,3-7,9-10H2,1-2H3. The molecule has 0 aliphatic heterocycles. The lowest BCUT2D eigenvalue weighted by Gasteiger charge is -2.11. The minimum atomic E-state index is 0.196. The summed E-state index contributed by atoms with van der Waals surface area (Å²) in [6.07, 6.45) is 10.6. The molecular weight excluding hydrogens is 172 g/mol. The average molecular weight is 194 g/mol. The molecule has 0 amide bonds. The maximum atomic E-state index is 11.6. The first kappa shape index (κ1) is 11.5. The maximum absolute atomic E-state index is 11.6. The summed E-state index contributed by atoms with van der Waals surface area (Å²) in [4.78, 5) is 11.6. The third-order valence-electron chi connectivity index (χ3n) is 2.93. The van der Waals surface area contributed by atoms with Gasteiger partial charge >= 0.3 is 0 Å². The number of hydrogen-bond donors (Lipinski definition) is 0. The lowest BCUT2D eigenvalue weighted by Crippen LogP contribution is -2.08. The van der Waals surface area contributed by atoms with Crippen LogP contribution in [0.3, 0.4) is 0 Å². The molecule has 1 aliphatic rings. The Morgan fingerprint density at radius 3 is 2.71 bits per heavy atom. The zero-order valence-electron chi connectivity index (χ0n) is 9.51. The smallest absolute Gasteiger partial charge is 0.139 e. The van der Waals surface area contributed by atoms with Gasteiger partial charge in [0.15, 0.2) is 0 Å². The fraction of sp³-hybridized carbons (Fsp3) is 0.769. The molecule has 0 saturated carbocycles. The van der Waals surface area contributed by atoms with Crippen molar-refractivity contribution < 1.29 is 4.79 Å². The van der Waals surface area contributed by atoms with Crippen LogP contribution in [0.2, 0.25) is 0 Å². The third kappa shape index (κ3) is 4.08. The SMILES string of the molecule is CC(C)C(=O)CC1=CCCCCCC1. The van der Waals surface area contributed by atoms with Crippen molar-refractivity contribution in [1.82, 2.24) is 0 Å². The fourth-order valence-corrected chi connectivity index (χ4v) is 1.85. The van der Waals surface area contributed by atoms with Gasteiger partial charge < -0.3 is 0 Å². The molecule has 0 aromatic rings. The van der Waals surface area contributed by atoms with Crippen molar-refractivity contribution in [1.29, 1.82) is 0 Å². The van der Waals surface area contributed by atoms with Gasteiger partial charge in [0.05, 0.1) is 0 Å². The van der Waals surface area contributed by atoms with Gasteiger partial charge in [0.2, 0.25) is 0 Å². The normalized spacial score (nSPS) is 18.6. The summed E-state index contributed by atoms with van der Waals surface area (Å²) in [7, 11) is 0. The number of Topliss-reactive ketones (excluding diaryl/α,β-unsaturated/α-hetero) is 1. The first-order chi connectivity index (χ1) is 6.70. The van der Waals surface area contributed by atoms with Gasteiger partial charge in [-0.15, -0.1) is 0 Å². The van der Waals surface area contributed by atoms with Gasteiger partial charge in [-0.3, -0.25) is 4.79 Å². The summed E-state index contributed by atoms with van der Waals surface area (Å²) in [6.45, 7) is 3.98. The van der Waals surface area contributed by atoms with Crippen molar-refractivity contribution in [2.75, 3.05) is 0 Å². The van der Waals surface area contributed by atoms with E-state index in [-0.39, 0.29) is 5.92 Å². The topological polar surface area (TPSA) is 17.1 Å². The van der Waals surface area contributed by atoms with Gasteiger partial charge in [0.25, 0.3) is 0 Å². The van der Waals surface area contributed by atoms with Crippen LogP contribution >= 0.6 is 0 Å². The number of allylic oxidation sites excluding steroid dienone is 2. The quantitative estimate of drug-likeness (QED) is 0.623. The highest BCUT2D eigenvalue weighted by Gasteiger charge is 2.10. The van der Waals surface area contributed by atoms with E-state index in [9.17, 15) is 4.79 Å². The van der Waals surface area contributed by atoms with Crippen LogP contribution in [0.15, 0.2) is 11.6 Å². The van der Waals surface area contributed by atoms with E-state index < -0.39 is 0 Å². The van der Waals surface area contributed by atoms with Crippen molar-refractivity contribution in [3.05, 3.63) is 11.6 Å². The van der Waals surface area contributed by atoms with E-state index in [1.807, 2.05) is 13.8 Å². The highest BCUT2D eigenvalue weighted by Crippen LogP contribution is 2.20. The Hall–Kier alpha value is -0.590. The molecule has 0 saturated heterocycles. The molecular formula is C13H22O. The zero-order valence-corrected chi connectivity index (χ0v) is 9.51. The minimum Gasteiger partial charge on any atom is -0.299 e. The highest BCUT2D eigenvalue weighted by atomic mass is 16.1. The van der Waals surface area contributed by atoms with Crippen LogP contribution in [0.5, 0.6) is 0 Å². The molecule has 1 aliphatic carbocycles. The van der Waals surface area contributed by atoms with Crippen LogP contribution in [0.1, 0.15) is 58.8 Å². The van der Waals surface area contributed by atoms with Gasteiger partial charge in [-0.2, -0.15) is 0 Å². The van der Waals surface area contributed by atoms with Crippen LogP contribution in [0, 0.1) is 5.92 Å². The fourth-order valence-electron chi connectivity index (χ4n) is 1.85. The van der Waals surface area contributed by atoms with Gasteiger partial charge in [0.1, 0.15) is 5.78 Å². The summed E-state index contributed by atoms with van der Waals surface area (Å²) in [6, 6.07) is 0. The molecule has 0 spiro atoms. The summed E-state index contributed by atoms with van der Waals surface area (Å²) in [5.41, 5.74) is 1.39. The van der Waals surface area contributed by atoms with Crippen LogP contribution in [0.4, 0.5) is 0 Å². The predicted molar refractivity (Wildman–Crippen MR) is 60.2 cm³/mol. The Morgan fingerprint density at radius 1 is 1.29 bits per heavy atom. The van der Waals surface area contributed by atoms with Gasteiger partial charge in [-0.1, -0.05) is 38.3 Å². The van der Waals surface area contributed by atoms with Crippen molar-refractivity contribution in [2.45, 2.75) is 58.8 Å². The molecule has 0 bridgehead atoms. The summed E-state index contributed by atoms with van der Waals surface area (Å²) >= 11 is 0. The van der Waals surface area contributed by atoms with Crippen molar-refractivity contribution in [2.24, 2.45) is 5.92 Å². The van der Waals surface area contributed by atoms with E-state index >= 15 is 0 Å². The second-order valence-electron chi connectivity index (χ2n) is 4.61. The maximum Gasteiger partial charge on any atom is 0.139 e. The zero-order chi connectivity index (χ0) is 10.4. The Labute approximate surface area is 87.6 Å². The van der Waals surface area contributed by atoms with Crippen molar-refractivity contribution in [3.63, 3.8) is 0 Å². The number of rotatable bonds is 3. The molecule has 0 aromatic carbocycles.